The first-order chi connectivity index (χ1) is 14.9. The Morgan fingerprint density at radius 2 is 1.52 bits per heavy atom. The van der Waals surface area contributed by atoms with E-state index >= 15 is 0 Å². The molecule has 1 unspecified atom stereocenters. The Balaban J connectivity index is 1.31. The van der Waals surface area contributed by atoms with Gasteiger partial charge in [0.1, 0.15) is 30.8 Å². The number of para-hydroxylation sites is 1. The highest BCUT2D eigenvalue weighted by molar-refractivity contribution is 5.46. The third-order valence-corrected chi connectivity index (χ3v) is 5.30. The summed E-state index contributed by atoms with van der Waals surface area (Å²) in [4.78, 5) is 4.89. The summed E-state index contributed by atoms with van der Waals surface area (Å²) in [5.74, 6) is 1.57. The maximum Gasteiger partial charge on any atom is 0.119 e. The molecule has 6 heteroatoms. The van der Waals surface area contributed by atoms with Crippen LogP contribution in [0, 0.1) is 0 Å². The fraction of sp³-hybridized carbons (Fsp3) is 0.520. The van der Waals surface area contributed by atoms with Crippen LogP contribution in [-0.2, 0) is 0 Å². The summed E-state index contributed by atoms with van der Waals surface area (Å²) in [5, 5.41) is 13.3. The average molecular weight is 428 g/mol. The Morgan fingerprint density at radius 3 is 2.13 bits per heavy atom. The summed E-state index contributed by atoms with van der Waals surface area (Å²) in [6.07, 6.45) is -0.544. The van der Waals surface area contributed by atoms with E-state index in [4.69, 9.17) is 9.47 Å². The van der Waals surface area contributed by atoms with Gasteiger partial charge in [0, 0.05) is 50.5 Å². The summed E-state index contributed by atoms with van der Waals surface area (Å²) in [7, 11) is 0. The molecule has 2 N–H and O–H groups in total. The second-order valence-corrected chi connectivity index (χ2v) is 9.08. The molecule has 0 aliphatic carbocycles. The topological polar surface area (TPSA) is 57.2 Å². The minimum absolute atomic E-state index is 0.0184. The van der Waals surface area contributed by atoms with Crippen LogP contribution in [-0.4, -0.2) is 74.1 Å². The lowest BCUT2D eigenvalue weighted by Crippen LogP contribution is -2.47. The predicted molar refractivity (Wildman–Crippen MR) is 126 cm³/mol. The van der Waals surface area contributed by atoms with Crippen molar-refractivity contribution in [3.05, 3.63) is 54.6 Å². The molecule has 0 radical (unpaired) electrons. The first-order valence-electron chi connectivity index (χ1n) is 11.2. The van der Waals surface area contributed by atoms with Gasteiger partial charge in [-0.15, -0.1) is 0 Å². The molecule has 0 amide bonds. The lowest BCUT2D eigenvalue weighted by molar-refractivity contribution is 0.1000. The Labute approximate surface area is 186 Å². The molecule has 0 aromatic heterocycles. The average Bonchev–Trinajstić information content (AvgIpc) is 2.78. The van der Waals surface area contributed by atoms with Gasteiger partial charge in [0.05, 0.1) is 0 Å². The largest absolute Gasteiger partial charge is 0.492 e. The van der Waals surface area contributed by atoms with Crippen LogP contribution in [0.4, 0.5) is 5.69 Å². The summed E-state index contributed by atoms with van der Waals surface area (Å²) < 4.78 is 11.6. The van der Waals surface area contributed by atoms with Crippen LogP contribution in [0.1, 0.15) is 20.8 Å². The second kappa shape index (κ2) is 11.4. The number of hydrogen-bond acceptors (Lipinski definition) is 6. The van der Waals surface area contributed by atoms with Gasteiger partial charge in [0.2, 0.25) is 0 Å². The van der Waals surface area contributed by atoms with Crippen LogP contribution in [0.2, 0.25) is 0 Å². The number of ether oxygens (including phenoxy) is 2. The Morgan fingerprint density at radius 1 is 0.903 bits per heavy atom. The van der Waals surface area contributed by atoms with E-state index in [9.17, 15) is 5.11 Å². The number of benzene rings is 2. The molecule has 3 rings (SSSR count). The minimum atomic E-state index is -0.544. The van der Waals surface area contributed by atoms with Crippen LogP contribution in [0.15, 0.2) is 54.6 Å². The molecular formula is C25H37N3O3. The van der Waals surface area contributed by atoms with Crippen molar-refractivity contribution in [2.45, 2.75) is 32.4 Å². The molecule has 0 spiro atoms. The zero-order valence-corrected chi connectivity index (χ0v) is 19.1. The van der Waals surface area contributed by atoms with E-state index in [1.165, 1.54) is 5.69 Å². The van der Waals surface area contributed by atoms with Gasteiger partial charge < -0.3 is 24.8 Å². The first kappa shape index (κ1) is 23.4. The van der Waals surface area contributed by atoms with Crippen LogP contribution in [0.25, 0.3) is 0 Å². The number of hydrogen-bond donors (Lipinski definition) is 2. The van der Waals surface area contributed by atoms with E-state index < -0.39 is 6.10 Å². The summed E-state index contributed by atoms with van der Waals surface area (Å²) >= 11 is 0. The van der Waals surface area contributed by atoms with Crippen LogP contribution in [0.5, 0.6) is 11.5 Å². The molecule has 1 heterocycles. The number of aliphatic hydroxyl groups excluding tert-OH is 1. The number of β-amino-alcohol motifs (C(OH)–C–C–N with tert-alkyl or cyclic N) is 1. The highest BCUT2D eigenvalue weighted by Crippen LogP contribution is 2.18. The van der Waals surface area contributed by atoms with Crippen molar-refractivity contribution in [3.63, 3.8) is 0 Å². The van der Waals surface area contributed by atoms with Crippen molar-refractivity contribution in [1.29, 1.82) is 0 Å². The van der Waals surface area contributed by atoms with Gasteiger partial charge in [-0.25, -0.2) is 0 Å². The monoisotopic (exact) mass is 427 g/mol. The zero-order valence-electron chi connectivity index (χ0n) is 19.1. The van der Waals surface area contributed by atoms with Gasteiger partial charge in [-0.05, 0) is 57.2 Å². The number of aliphatic hydroxyl groups is 1. The predicted octanol–water partition coefficient (Wildman–Crippen LogP) is 3.02. The van der Waals surface area contributed by atoms with Gasteiger partial charge in [0.25, 0.3) is 0 Å². The van der Waals surface area contributed by atoms with Crippen LogP contribution >= 0.6 is 0 Å². The molecule has 1 aliphatic heterocycles. The van der Waals surface area contributed by atoms with Gasteiger partial charge >= 0.3 is 0 Å². The van der Waals surface area contributed by atoms with Gasteiger partial charge in [-0.3, -0.25) is 4.90 Å². The fourth-order valence-corrected chi connectivity index (χ4v) is 3.47. The molecule has 2 aromatic carbocycles. The smallest absolute Gasteiger partial charge is 0.119 e. The van der Waals surface area contributed by atoms with Crippen LogP contribution < -0.4 is 19.7 Å². The molecule has 6 nitrogen and oxygen atoms in total. The number of anilines is 1. The molecule has 1 saturated heterocycles. The summed E-state index contributed by atoms with van der Waals surface area (Å²) in [6, 6.07) is 18.2. The van der Waals surface area contributed by atoms with E-state index in [1.54, 1.807) is 0 Å². The Kier molecular flexibility index (Phi) is 8.58. The number of rotatable bonds is 10. The number of nitrogens with zero attached hydrogens (tertiary/aromatic N) is 2. The van der Waals surface area contributed by atoms with E-state index in [0.29, 0.717) is 13.2 Å². The van der Waals surface area contributed by atoms with E-state index in [0.717, 1.165) is 44.2 Å². The zero-order chi connectivity index (χ0) is 22.1. The first-order valence-corrected chi connectivity index (χ1v) is 11.2. The standard InChI is InChI=1S/C25H37N3O3/c1-25(2,3)26-19-22(29)20-31-24-11-9-23(10-12-24)30-18-17-27-13-15-28(16-14-27)21-7-5-4-6-8-21/h4-12,22,26,29H,13-20H2,1-3H3. The highest BCUT2D eigenvalue weighted by Gasteiger charge is 2.17. The normalized spacial score (nSPS) is 16.2. The van der Waals surface area contributed by atoms with Gasteiger partial charge in [-0.2, -0.15) is 0 Å². The lowest BCUT2D eigenvalue weighted by atomic mass is 10.1. The second-order valence-electron chi connectivity index (χ2n) is 9.08. The lowest BCUT2D eigenvalue weighted by Gasteiger charge is -2.36. The quantitative estimate of drug-likeness (QED) is 0.608. The van der Waals surface area contributed by atoms with E-state index in [2.05, 4.69) is 66.2 Å². The molecular weight excluding hydrogens is 390 g/mol. The fourth-order valence-electron chi connectivity index (χ4n) is 3.47. The van der Waals surface area contributed by atoms with E-state index in [1.807, 2.05) is 24.3 Å². The molecule has 31 heavy (non-hydrogen) atoms. The van der Waals surface area contributed by atoms with Gasteiger partial charge in [-0.1, -0.05) is 18.2 Å². The van der Waals surface area contributed by atoms with Crippen molar-refractivity contribution in [2.75, 3.05) is 57.4 Å². The molecule has 2 aromatic rings. The van der Waals surface area contributed by atoms with Gasteiger partial charge in [0.15, 0.2) is 0 Å². The maximum atomic E-state index is 10.0. The molecule has 170 valence electrons. The Bertz CT molecular complexity index is 754. The van der Waals surface area contributed by atoms with E-state index in [-0.39, 0.29) is 12.1 Å². The third kappa shape index (κ3) is 8.40. The third-order valence-electron chi connectivity index (χ3n) is 5.30. The summed E-state index contributed by atoms with van der Waals surface area (Å²) in [6.45, 7) is 12.8. The van der Waals surface area contributed by atoms with Crippen molar-refractivity contribution in [2.24, 2.45) is 0 Å². The highest BCUT2D eigenvalue weighted by atomic mass is 16.5. The number of nitrogens with one attached hydrogen (secondary N) is 1. The van der Waals surface area contributed by atoms with Crippen molar-refractivity contribution in [3.8, 4) is 11.5 Å². The molecule has 0 bridgehead atoms. The van der Waals surface area contributed by atoms with Crippen LogP contribution in [0.3, 0.4) is 0 Å². The Hall–Kier alpha value is -2.28. The maximum absolute atomic E-state index is 10.0. The molecule has 1 atom stereocenters. The number of piperazine rings is 1. The van der Waals surface area contributed by atoms with Crippen molar-refractivity contribution in [1.82, 2.24) is 10.2 Å². The summed E-state index contributed by atoms with van der Waals surface area (Å²) in [5.41, 5.74) is 1.29. The van der Waals surface area contributed by atoms with Crippen molar-refractivity contribution >= 4 is 5.69 Å². The molecule has 1 fully saturated rings. The molecule has 0 saturated carbocycles. The molecule has 1 aliphatic rings. The SMILES string of the molecule is CC(C)(C)NCC(O)COc1ccc(OCCN2CCN(c3ccccc3)CC2)cc1. The van der Waals surface area contributed by atoms with Crippen molar-refractivity contribution < 1.29 is 14.6 Å². The minimum Gasteiger partial charge on any atom is -0.492 e.